The highest BCUT2D eigenvalue weighted by atomic mass is 35.5. The molecule has 10 heteroatoms. The molecule has 2 aromatic rings. The number of amides is 1. The van der Waals surface area contributed by atoms with Crippen molar-refractivity contribution in [2.24, 2.45) is 11.8 Å². The molecule has 1 amide bonds. The highest BCUT2D eigenvalue weighted by Gasteiger charge is 2.34. The minimum atomic E-state index is -3.55. The molecule has 1 atom stereocenters. The third-order valence-corrected chi connectivity index (χ3v) is 9.02. The van der Waals surface area contributed by atoms with E-state index in [0.29, 0.717) is 48.1 Å². The Morgan fingerprint density at radius 3 is 2.39 bits per heavy atom. The molecular formula is C21H25ClN2O5S2. The van der Waals surface area contributed by atoms with Crippen LogP contribution < -0.4 is 5.32 Å². The Hall–Kier alpha value is -1.94. The second-order valence-corrected chi connectivity index (χ2v) is 11.3. The van der Waals surface area contributed by atoms with E-state index in [0.717, 1.165) is 11.3 Å². The summed E-state index contributed by atoms with van der Waals surface area (Å²) in [5.74, 6) is -0.724. The van der Waals surface area contributed by atoms with Crippen LogP contribution in [0.4, 0.5) is 5.69 Å². The molecule has 0 radical (unpaired) electrons. The minimum Gasteiger partial charge on any atom is -0.462 e. The summed E-state index contributed by atoms with van der Waals surface area (Å²) in [6, 6.07) is 9.66. The quantitative estimate of drug-likeness (QED) is 0.593. The van der Waals surface area contributed by atoms with Gasteiger partial charge in [0.2, 0.25) is 5.91 Å². The standard InChI is InChI=1S/C21H25ClN2O5S2/c1-3-29-21(26)16-4-6-17(7-5-16)23-20(25)14(2)15-10-12-24(13-11-15)31(27,28)19-9-8-18(22)30-19/h4-9,14-15H,3,10-13H2,1-2H3,(H,23,25)/t14-/m0/s1. The van der Waals surface area contributed by atoms with Crippen LogP contribution in [0.1, 0.15) is 37.0 Å². The van der Waals surface area contributed by atoms with Crippen molar-refractivity contribution in [2.45, 2.75) is 30.9 Å². The maximum atomic E-state index is 12.7. The molecule has 1 aliphatic rings. The third kappa shape index (κ3) is 5.65. The zero-order valence-electron chi connectivity index (χ0n) is 17.3. The number of hydrogen-bond acceptors (Lipinski definition) is 6. The molecule has 1 aromatic heterocycles. The molecule has 0 unspecified atom stereocenters. The largest absolute Gasteiger partial charge is 0.462 e. The zero-order chi connectivity index (χ0) is 22.6. The van der Waals surface area contributed by atoms with E-state index >= 15 is 0 Å². The van der Waals surface area contributed by atoms with E-state index < -0.39 is 16.0 Å². The van der Waals surface area contributed by atoms with Crippen molar-refractivity contribution < 1.29 is 22.7 Å². The van der Waals surface area contributed by atoms with Gasteiger partial charge in [-0.3, -0.25) is 4.79 Å². The lowest BCUT2D eigenvalue weighted by atomic mass is 9.85. The van der Waals surface area contributed by atoms with Crippen LogP contribution in [0.5, 0.6) is 0 Å². The van der Waals surface area contributed by atoms with E-state index in [2.05, 4.69) is 5.32 Å². The van der Waals surface area contributed by atoms with E-state index in [4.69, 9.17) is 16.3 Å². The van der Waals surface area contributed by atoms with Crippen molar-refractivity contribution in [3.63, 3.8) is 0 Å². The Bertz CT molecular complexity index is 1030. The summed E-state index contributed by atoms with van der Waals surface area (Å²) in [6.07, 6.45) is 1.21. The van der Waals surface area contributed by atoms with E-state index in [1.807, 2.05) is 6.92 Å². The van der Waals surface area contributed by atoms with Gasteiger partial charge in [-0.1, -0.05) is 18.5 Å². The highest BCUT2D eigenvalue weighted by Crippen LogP contribution is 2.32. The van der Waals surface area contributed by atoms with Gasteiger partial charge in [0, 0.05) is 24.7 Å². The Morgan fingerprint density at radius 1 is 1.19 bits per heavy atom. The van der Waals surface area contributed by atoms with Crippen molar-refractivity contribution in [3.05, 3.63) is 46.3 Å². The number of benzene rings is 1. The molecule has 1 aromatic carbocycles. The predicted molar refractivity (Wildman–Crippen MR) is 121 cm³/mol. The lowest BCUT2D eigenvalue weighted by molar-refractivity contribution is -0.121. The summed E-state index contributed by atoms with van der Waals surface area (Å²) in [6.45, 7) is 4.64. The van der Waals surface area contributed by atoms with Gasteiger partial charge in [0.15, 0.2) is 0 Å². The number of ether oxygens (including phenoxy) is 1. The van der Waals surface area contributed by atoms with E-state index in [1.165, 1.54) is 10.4 Å². The zero-order valence-corrected chi connectivity index (χ0v) is 19.7. The maximum absolute atomic E-state index is 12.7. The fraction of sp³-hybridized carbons (Fsp3) is 0.429. The SMILES string of the molecule is CCOC(=O)c1ccc(NC(=O)[C@@H](C)C2CCN(S(=O)(=O)c3ccc(Cl)s3)CC2)cc1. The molecule has 0 aliphatic carbocycles. The molecule has 0 spiro atoms. The number of rotatable bonds is 7. The number of sulfonamides is 1. The molecule has 1 fully saturated rings. The van der Waals surface area contributed by atoms with Gasteiger partial charge < -0.3 is 10.1 Å². The summed E-state index contributed by atoms with van der Waals surface area (Å²) >= 11 is 6.93. The second-order valence-electron chi connectivity index (χ2n) is 7.38. The Balaban J connectivity index is 1.55. The lowest BCUT2D eigenvalue weighted by Crippen LogP contribution is -2.41. The molecule has 1 aliphatic heterocycles. The molecule has 1 saturated heterocycles. The molecule has 7 nitrogen and oxygen atoms in total. The van der Waals surface area contributed by atoms with Gasteiger partial charge in [-0.2, -0.15) is 4.31 Å². The maximum Gasteiger partial charge on any atom is 0.338 e. The smallest absolute Gasteiger partial charge is 0.338 e. The first-order valence-electron chi connectivity index (χ1n) is 10.1. The van der Waals surface area contributed by atoms with Gasteiger partial charge >= 0.3 is 5.97 Å². The Kier molecular flexibility index (Phi) is 7.74. The van der Waals surface area contributed by atoms with Crippen LogP contribution in [0.25, 0.3) is 0 Å². The number of piperidine rings is 1. The average molecular weight is 485 g/mol. The van der Waals surface area contributed by atoms with Crippen molar-refractivity contribution in [1.29, 1.82) is 0 Å². The highest BCUT2D eigenvalue weighted by molar-refractivity contribution is 7.91. The molecule has 168 valence electrons. The number of halogens is 1. The molecule has 0 bridgehead atoms. The van der Waals surface area contributed by atoms with Crippen LogP contribution in [-0.2, 0) is 19.6 Å². The summed E-state index contributed by atoms with van der Waals surface area (Å²) in [5.41, 5.74) is 1.02. The Labute approximate surface area is 191 Å². The van der Waals surface area contributed by atoms with Crippen LogP contribution in [0.3, 0.4) is 0 Å². The van der Waals surface area contributed by atoms with Gasteiger partial charge in [-0.25, -0.2) is 13.2 Å². The van der Waals surface area contributed by atoms with Crippen LogP contribution in [0, 0.1) is 11.8 Å². The van der Waals surface area contributed by atoms with Crippen molar-refractivity contribution in [2.75, 3.05) is 25.0 Å². The number of carbonyl (C=O) groups excluding carboxylic acids is 2. The first kappa shape index (κ1) is 23.7. The number of thiophene rings is 1. The van der Waals surface area contributed by atoms with E-state index in [1.54, 1.807) is 37.3 Å². The normalized spacial score (nSPS) is 16.6. The summed E-state index contributed by atoms with van der Waals surface area (Å²) in [7, 11) is -3.55. The monoisotopic (exact) mass is 484 g/mol. The summed E-state index contributed by atoms with van der Waals surface area (Å²) in [4.78, 5) is 24.4. The molecule has 31 heavy (non-hydrogen) atoms. The van der Waals surface area contributed by atoms with Crippen molar-refractivity contribution in [1.82, 2.24) is 4.31 Å². The number of esters is 1. The van der Waals surface area contributed by atoms with Crippen molar-refractivity contribution in [3.8, 4) is 0 Å². The Morgan fingerprint density at radius 2 is 1.84 bits per heavy atom. The second kappa shape index (κ2) is 10.1. The predicted octanol–water partition coefficient (Wildman–Crippen LogP) is 4.25. The number of hydrogen-bond donors (Lipinski definition) is 1. The van der Waals surface area contributed by atoms with Crippen LogP contribution >= 0.6 is 22.9 Å². The fourth-order valence-electron chi connectivity index (χ4n) is 3.55. The molecule has 3 rings (SSSR count). The van der Waals surface area contributed by atoms with Crippen molar-refractivity contribution >= 4 is 50.5 Å². The van der Waals surface area contributed by atoms with Gasteiger partial charge in [0.25, 0.3) is 10.0 Å². The number of nitrogens with zero attached hydrogens (tertiary/aromatic N) is 1. The molecule has 0 saturated carbocycles. The summed E-state index contributed by atoms with van der Waals surface area (Å²) < 4.78 is 32.6. The third-order valence-electron chi connectivity index (χ3n) is 5.43. The fourth-order valence-corrected chi connectivity index (χ4v) is 6.66. The topological polar surface area (TPSA) is 92.8 Å². The number of anilines is 1. The van der Waals surface area contributed by atoms with Gasteiger partial charge in [0.1, 0.15) is 4.21 Å². The van der Waals surface area contributed by atoms with Crippen LogP contribution in [0.2, 0.25) is 4.34 Å². The average Bonchev–Trinajstić information content (AvgIpc) is 3.21. The number of nitrogens with one attached hydrogen (secondary N) is 1. The lowest BCUT2D eigenvalue weighted by Gasteiger charge is -2.33. The van der Waals surface area contributed by atoms with Gasteiger partial charge in [-0.05, 0) is 62.1 Å². The summed E-state index contributed by atoms with van der Waals surface area (Å²) in [5, 5.41) is 2.87. The van der Waals surface area contributed by atoms with E-state index in [-0.39, 0.29) is 22.0 Å². The molecular weight excluding hydrogens is 460 g/mol. The minimum absolute atomic E-state index is 0.0807. The van der Waals surface area contributed by atoms with Crippen LogP contribution in [-0.4, -0.2) is 44.3 Å². The van der Waals surface area contributed by atoms with Gasteiger partial charge in [-0.15, -0.1) is 11.3 Å². The molecule has 2 heterocycles. The van der Waals surface area contributed by atoms with Crippen LogP contribution in [0.15, 0.2) is 40.6 Å². The first-order chi connectivity index (χ1) is 14.7. The van der Waals surface area contributed by atoms with Gasteiger partial charge in [0.05, 0.1) is 16.5 Å². The van der Waals surface area contributed by atoms with E-state index in [9.17, 15) is 18.0 Å². The first-order valence-corrected chi connectivity index (χ1v) is 12.7. The number of carbonyl (C=O) groups is 2. The molecule has 1 N–H and O–H groups in total.